The third-order valence-electron chi connectivity index (χ3n) is 7.62. The van der Waals surface area contributed by atoms with Crippen molar-refractivity contribution < 1.29 is 64.7 Å². The Bertz CT molecular complexity index is 1460. The lowest BCUT2D eigenvalue weighted by atomic mass is 10.1. The SMILES string of the molecule is CC(O)C(NC(=O)Nc1ncnc2c1ncn2[C@@H]1O[C@H](CO)[C@@H](O)[C@H]1O)C(=O)O.CN1C(=O)N([C@@H]2O[C@H](CO)[C@@H](O)[C@H]2O)C=CC1N. The lowest BCUT2D eigenvalue weighted by Crippen LogP contribution is -2.55. The third-order valence-corrected chi connectivity index (χ3v) is 7.62. The number of aliphatic hydroxyl groups is 7. The molecule has 0 bridgehead atoms. The number of nitrogens with zero attached hydrogens (tertiary/aromatic N) is 6. The van der Waals surface area contributed by atoms with Gasteiger partial charge >= 0.3 is 18.0 Å². The van der Waals surface area contributed by atoms with Gasteiger partial charge in [0.15, 0.2) is 35.5 Å². The molecule has 3 aliphatic rings. The average molecular weight is 672 g/mol. The highest BCUT2D eigenvalue weighted by molar-refractivity contribution is 5.97. The highest BCUT2D eigenvalue weighted by Gasteiger charge is 2.47. The van der Waals surface area contributed by atoms with Crippen molar-refractivity contribution in [1.82, 2.24) is 34.6 Å². The molecule has 2 fully saturated rings. The van der Waals surface area contributed by atoms with Crippen molar-refractivity contribution >= 4 is 35.0 Å². The number of aromatic nitrogens is 4. The fraction of sp³-hybridized carbons (Fsp3) is 0.600. The molecule has 3 unspecified atom stereocenters. The van der Waals surface area contributed by atoms with Crippen molar-refractivity contribution in [1.29, 1.82) is 0 Å². The molecule has 2 aromatic rings. The van der Waals surface area contributed by atoms with Crippen LogP contribution in [0.3, 0.4) is 0 Å². The molecular weight excluding hydrogens is 634 g/mol. The van der Waals surface area contributed by atoms with Gasteiger partial charge in [0.1, 0.15) is 49.1 Å². The molecule has 22 nitrogen and oxygen atoms in total. The van der Waals surface area contributed by atoms with Gasteiger partial charge in [-0.2, -0.15) is 0 Å². The second-order valence-electron chi connectivity index (χ2n) is 10.8. The van der Waals surface area contributed by atoms with Gasteiger partial charge in [-0.05, 0) is 13.0 Å². The quantitative estimate of drug-likeness (QED) is 0.125. The Morgan fingerprint density at radius 2 is 1.60 bits per heavy atom. The zero-order valence-electron chi connectivity index (χ0n) is 25.0. The van der Waals surface area contributed by atoms with Crippen LogP contribution in [0.25, 0.3) is 11.2 Å². The van der Waals surface area contributed by atoms with Crippen LogP contribution in [0.15, 0.2) is 24.9 Å². The van der Waals surface area contributed by atoms with Crippen LogP contribution in [0.2, 0.25) is 0 Å². The van der Waals surface area contributed by atoms with Gasteiger partial charge in [-0.1, -0.05) is 0 Å². The fourth-order valence-corrected chi connectivity index (χ4v) is 4.90. The number of amides is 4. The molecule has 5 rings (SSSR count). The first kappa shape index (κ1) is 35.7. The molecule has 47 heavy (non-hydrogen) atoms. The molecular formula is C25H37N9O13. The number of hydrogen-bond acceptors (Lipinski definition) is 16. The van der Waals surface area contributed by atoms with Crippen molar-refractivity contribution in [3.8, 4) is 0 Å². The number of aliphatic carboxylic acids is 1. The number of rotatable bonds is 8. The molecule has 0 aliphatic carbocycles. The van der Waals surface area contributed by atoms with Crippen molar-refractivity contribution in [3.05, 3.63) is 24.9 Å². The van der Waals surface area contributed by atoms with Gasteiger partial charge in [0.2, 0.25) is 0 Å². The van der Waals surface area contributed by atoms with Gasteiger partial charge in [0.25, 0.3) is 0 Å². The summed E-state index contributed by atoms with van der Waals surface area (Å²) < 4.78 is 12.0. The predicted molar refractivity (Wildman–Crippen MR) is 153 cm³/mol. The number of likely N-dealkylation sites (N-methyl/N-ethyl adjacent to an activating group) is 1. The minimum absolute atomic E-state index is 0.0623. The van der Waals surface area contributed by atoms with E-state index in [2.05, 4.69) is 25.6 Å². The maximum absolute atomic E-state index is 12.1. The van der Waals surface area contributed by atoms with E-state index < -0.39 is 98.6 Å². The molecule has 2 aromatic heterocycles. The maximum atomic E-state index is 12.1. The van der Waals surface area contributed by atoms with E-state index >= 15 is 0 Å². The molecule has 0 aromatic carbocycles. The van der Waals surface area contributed by atoms with E-state index in [0.717, 1.165) is 11.2 Å². The number of imidazole rings is 1. The number of carboxylic acid groups (broad SMARTS) is 1. The van der Waals surface area contributed by atoms with Crippen molar-refractivity contribution in [2.75, 3.05) is 25.6 Å². The molecule has 0 saturated carbocycles. The largest absolute Gasteiger partial charge is 0.480 e. The van der Waals surface area contributed by atoms with Crippen LogP contribution in [0.1, 0.15) is 13.2 Å². The summed E-state index contributed by atoms with van der Waals surface area (Å²) >= 11 is 0. The van der Waals surface area contributed by atoms with E-state index in [1.54, 1.807) is 6.08 Å². The summed E-state index contributed by atoms with van der Waals surface area (Å²) in [6.45, 7) is 0.276. The number of nitrogens with one attached hydrogen (secondary N) is 2. The average Bonchev–Trinajstić information content (AvgIpc) is 3.68. The van der Waals surface area contributed by atoms with Crippen LogP contribution in [-0.2, 0) is 14.3 Å². The summed E-state index contributed by atoms with van der Waals surface area (Å²) in [5.74, 6) is -1.48. The number of fused-ring (bicyclic) bond motifs is 1. The first-order chi connectivity index (χ1) is 22.2. The van der Waals surface area contributed by atoms with Gasteiger partial charge < -0.3 is 66.3 Å². The minimum Gasteiger partial charge on any atom is -0.480 e. The fourth-order valence-electron chi connectivity index (χ4n) is 4.90. The first-order valence-electron chi connectivity index (χ1n) is 14.1. The van der Waals surface area contributed by atoms with Crippen LogP contribution in [0.5, 0.6) is 0 Å². The molecule has 22 heteroatoms. The number of nitrogens with two attached hydrogens (primary N) is 1. The Hall–Kier alpha value is -4.10. The molecule has 0 spiro atoms. The summed E-state index contributed by atoms with van der Waals surface area (Å²) in [6, 6.07) is -2.93. The summed E-state index contributed by atoms with van der Waals surface area (Å²) in [7, 11) is 1.52. The van der Waals surface area contributed by atoms with Crippen LogP contribution < -0.4 is 16.4 Å². The summed E-state index contributed by atoms with van der Waals surface area (Å²) in [6.07, 6.45) is -5.77. The smallest absolute Gasteiger partial charge is 0.328 e. The Kier molecular flexibility index (Phi) is 11.2. The Morgan fingerprint density at radius 1 is 1.00 bits per heavy atom. The van der Waals surface area contributed by atoms with Gasteiger partial charge in [-0.25, -0.2) is 29.3 Å². The Morgan fingerprint density at radius 3 is 2.15 bits per heavy atom. The number of hydrogen-bond donors (Lipinski definition) is 11. The number of ether oxygens (including phenoxy) is 2. The molecule has 3 aliphatic heterocycles. The lowest BCUT2D eigenvalue weighted by molar-refractivity contribution is -0.141. The van der Waals surface area contributed by atoms with Gasteiger partial charge in [-0.15, -0.1) is 0 Å². The zero-order chi connectivity index (χ0) is 34.7. The Labute approximate surface area is 265 Å². The minimum atomic E-state index is -1.54. The van der Waals surface area contributed by atoms with Crippen molar-refractivity contribution in [2.45, 2.75) is 74.3 Å². The molecule has 2 saturated heterocycles. The number of carbonyl (C=O) groups excluding carboxylic acids is 2. The number of anilines is 1. The number of carbonyl (C=O) groups is 3. The first-order valence-corrected chi connectivity index (χ1v) is 14.1. The van der Waals surface area contributed by atoms with Crippen LogP contribution in [0, 0.1) is 0 Å². The van der Waals surface area contributed by atoms with E-state index in [-0.39, 0.29) is 17.0 Å². The summed E-state index contributed by atoms with van der Waals surface area (Å²) in [5.41, 5.74) is 5.89. The third kappa shape index (κ3) is 7.25. The van der Waals surface area contributed by atoms with Gasteiger partial charge in [-0.3, -0.25) is 14.8 Å². The highest BCUT2D eigenvalue weighted by Crippen LogP contribution is 2.32. The molecule has 11 atom stereocenters. The van der Waals surface area contributed by atoms with E-state index in [4.69, 9.17) is 25.4 Å². The van der Waals surface area contributed by atoms with Gasteiger partial charge in [0, 0.05) is 13.2 Å². The van der Waals surface area contributed by atoms with Crippen molar-refractivity contribution in [3.63, 3.8) is 0 Å². The maximum Gasteiger partial charge on any atom is 0.328 e. The molecule has 0 radical (unpaired) electrons. The summed E-state index contributed by atoms with van der Waals surface area (Å²) in [4.78, 5) is 49.5. The zero-order valence-corrected chi connectivity index (χ0v) is 25.0. The van der Waals surface area contributed by atoms with Crippen molar-refractivity contribution in [2.24, 2.45) is 5.73 Å². The molecule has 260 valence electrons. The van der Waals surface area contributed by atoms with E-state index in [1.165, 1.54) is 36.0 Å². The monoisotopic (exact) mass is 671 g/mol. The van der Waals surface area contributed by atoms with Crippen LogP contribution in [0.4, 0.5) is 15.4 Å². The Balaban J connectivity index is 0.000000238. The normalized spacial score (nSPS) is 31.8. The standard InChI is InChI=1S/C15H20N6O8.C10H17N3O5/c1-5(23)7(14(26)27)19-15(28)20-11-8-12(17-3-16-11)21(4-18-8)13-10(25)9(24)6(2-22)29-13;1-12-6(11)2-3-13(10(12)17)9-8(16)7(15)5(4-14)18-9/h3-7,9-10,13,22-25H,2H2,1H3,(H,26,27)(H2,16,17,19,20,28);2-3,5-9,14-16H,4,11H2,1H3/t5?,6-,7?,9-,10-,13-;5-,6?,7-,8-,9-/m11/s1. The number of aliphatic hydroxyl groups excluding tert-OH is 7. The second kappa shape index (κ2) is 14.8. The van der Waals surface area contributed by atoms with E-state index in [1.807, 2.05) is 0 Å². The highest BCUT2D eigenvalue weighted by atomic mass is 16.6. The van der Waals surface area contributed by atoms with Crippen LogP contribution in [-0.4, -0.2) is 170 Å². The number of urea groups is 2. The molecule has 12 N–H and O–H groups in total. The lowest BCUT2D eigenvalue weighted by Gasteiger charge is -2.36. The van der Waals surface area contributed by atoms with E-state index in [9.17, 15) is 45.0 Å². The topological polar surface area (TPSA) is 332 Å². The molecule has 4 amide bonds. The number of carboxylic acids is 1. The second-order valence-corrected chi connectivity index (χ2v) is 10.8. The molecule has 5 heterocycles. The van der Waals surface area contributed by atoms with Crippen LogP contribution >= 0.6 is 0 Å². The summed E-state index contributed by atoms with van der Waals surface area (Å²) in [5, 5.41) is 80.6. The van der Waals surface area contributed by atoms with E-state index in [0.29, 0.717) is 0 Å². The van der Waals surface area contributed by atoms with Gasteiger partial charge in [0.05, 0.1) is 25.6 Å². The predicted octanol–water partition coefficient (Wildman–Crippen LogP) is -5.02.